The summed E-state index contributed by atoms with van der Waals surface area (Å²) in [4.78, 5) is 10.8. The van der Waals surface area contributed by atoms with Crippen LogP contribution in [0.5, 0.6) is 11.5 Å². The summed E-state index contributed by atoms with van der Waals surface area (Å²) in [7, 11) is 0. The Kier molecular flexibility index (Phi) is 3.24. The normalized spacial score (nSPS) is 10.0. The van der Waals surface area contributed by atoms with Crippen molar-refractivity contribution in [1.29, 1.82) is 0 Å². The number of aryl methyl sites for hydroxylation is 2. The average Bonchev–Trinajstić information content (AvgIpc) is 2.31. The van der Waals surface area contributed by atoms with Crippen LogP contribution in [-0.4, -0.2) is 6.29 Å². The van der Waals surface area contributed by atoms with Gasteiger partial charge < -0.3 is 4.74 Å². The van der Waals surface area contributed by atoms with E-state index < -0.39 is 0 Å². The molecule has 0 heterocycles. The van der Waals surface area contributed by atoms with Crippen LogP contribution >= 0.6 is 0 Å². The molecule has 0 aromatic heterocycles. The summed E-state index contributed by atoms with van der Waals surface area (Å²) >= 11 is 0. The molecule has 0 atom stereocenters. The summed E-state index contributed by atoms with van der Waals surface area (Å²) in [6.07, 6.45) is 0.828. The monoisotopic (exact) mass is 226 g/mol. The smallest absolute Gasteiger partial charge is 0.150 e. The fourth-order valence-electron chi connectivity index (χ4n) is 1.65. The quantitative estimate of drug-likeness (QED) is 0.742. The van der Waals surface area contributed by atoms with Gasteiger partial charge in [-0.25, -0.2) is 0 Å². The Bertz CT molecular complexity index is 527. The van der Waals surface area contributed by atoms with Crippen molar-refractivity contribution >= 4 is 6.29 Å². The van der Waals surface area contributed by atoms with Gasteiger partial charge >= 0.3 is 0 Å². The minimum atomic E-state index is 0.632. The fraction of sp³-hybridized carbons (Fsp3) is 0.133. The summed E-state index contributed by atoms with van der Waals surface area (Å²) in [5.41, 5.74) is 2.83. The second-order valence-corrected chi connectivity index (χ2v) is 4.11. The standard InChI is InChI=1S/C15H14O2/c1-11-3-5-14(6-4-11)17-15-8-12(2)7-13(9-15)10-16/h3-10H,1-2H3. The van der Waals surface area contributed by atoms with E-state index in [9.17, 15) is 4.79 Å². The number of benzene rings is 2. The summed E-state index contributed by atoms with van der Waals surface area (Å²) in [5, 5.41) is 0. The highest BCUT2D eigenvalue weighted by molar-refractivity contribution is 5.76. The van der Waals surface area contributed by atoms with Crippen molar-refractivity contribution in [2.45, 2.75) is 13.8 Å². The van der Waals surface area contributed by atoms with Gasteiger partial charge in [0, 0.05) is 5.56 Å². The van der Waals surface area contributed by atoms with Gasteiger partial charge in [-0.1, -0.05) is 17.7 Å². The van der Waals surface area contributed by atoms with Gasteiger partial charge in [0.25, 0.3) is 0 Å². The van der Waals surface area contributed by atoms with Gasteiger partial charge in [0.15, 0.2) is 0 Å². The topological polar surface area (TPSA) is 26.3 Å². The fourth-order valence-corrected chi connectivity index (χ4v) is 1.65. The Labute approximate surface area is 101 Å². The van der Waals surface area contributed by atoms with Crippen LogP contribution in [0.4, 0.5) is 0 Å². The predicted octanol–water partition coefficient (Wildman–Crippen LogP) is 3.91. The van der Waals surface area contributed by atoms with Crippen molar-refractivity contribution in [3.05, 3.63) is 59.2 Å². The maximum Gasteiger partial charge on any atom is 0.150 e. The van der Waals surface area contributed by atoms with Crippen LogP contribution in [0.25, 0.3) is 0 Å². The second-order valence-electron chi connectivity index (χ2n) is 4.11. The number of hydrogen-bond acceptors (Lipinski definition) is 2. The molecule has 0 aliphatic rings. The van der Waals surface area contributed by atoms with Crippen LogP contribution < -0.4 is 4.74 Å². The molecule has 0 saturated heterocycles. The molecule has 17 heavy (non-hydrogen) atoms. The van der Waals surface area contributed by atoms with Crippen LogP contribution in [0, 0.1) is 13.8 Å². The number of aldehydes is 1. The summed E-state index contributed by atoms with van der Waals surface area (Å²) in [6, 6.07) is 13.3. The highest BCUT2D eigenvalue weighted by Crippen LogP contribution is 2.23. The van der Waals surface area contributed by atoms with Crippen LogP contribution in [0.3, 0.4) is 0 Å². The Morgan fingerprint density at radius 2 is 1.59 bits per heavy atom. The van der Waals surface area contributed by atoms with E-state index in [0.29, 0.717) is 11.3 Å². The van der Waals surface area contributed by atoms with E-state index in [1.165, 1.54) is 5.56 Å². The molecule has 2 rings (SSSR count). The molecule has 2 nitrogen and oxygen atoms in total. The van der Waals surface area contributed by atoms with E-state index in [1.807, 2.05) is 50.2 Å². The Balaban J connectivity index is 2.26. The maximum absolute atomic E-state index is 10.8. The molecular formula is C15H14O2. The first-order chi connectivity index (χ1) is 8.17. The van der Waals surface area contributed by atoms with Crippen molar-refractivity contribution in [1.82, 2.24) is 0 Å². The van der Waals surface area contributed by atoms with Crippen molar-refractivity contribution in [2.75, 3.05) is 0 Å². The number of ether oxygens (including phenoxy) is 1. The van der Waals surface area contributed by atoms with Gasteiger partial charge in [0.05, 0.1) is 0 Å². The zero-order valence-corrected chi connectivity index (χ0v) is 9.94. The molecule has 2 heteroatoms. The van der Waals surface area contributed by atoms with Crippen LogP contribution in [0.2, 0.25) is 0 Å². The zero-order valence-electron chi connectivity index (χ0n) is 9.94. The number of hydrogen-bond donors (Lipinski definition) is 0. The molecule has 86 valence electrons. The Morgan fingerprint density at radius 1 is 0.882 bits per heavy atom. The molecule has 2 aromatic rings. The molecule has 0 aliphatic carbocycles. The van der Waals surface area contributed by atoms with E-state index >= 15 is 0 Å². The number of rotatable bonds is 3. The van der Waals surface area contributed by atoms with Crippen LogP contribution in [-0.2, 0) is 0 Å². The van der Waals surface area contributed by atoms with Gasteiger partial charge in [-0.05, 0) is 49.7 Å². The lowest BCUT2D eigenvalue weighted by atomic mass is 10.1. The van der Waals surface area contributed by atoms with Crippen molar-refractivity contribution in [2.24, 2.45) is 0 Å². The molecule has 0 radical (unpaired) electrons. The van der Waals surface area contributed by atoms with Gasteiger partial charge in [-0.2, -0.15) is 0 Å². The van der Waals surface area contributed by atoms with Gasteiger partial charge in [-0.15, -0.1) is 0 Å². The summed E-state index contributed by atoms with van der Waals surface area (Å²) < 4.78 is 5.70. The summed E-state index contributed by atoms with van der Waals surface area (Å²) in [6.45, 7) is 3.97. The highest BCUT2D eigenvalue weighted by Gasteiger charge is 2.00. The molecule has 0 bridgehead atoms. The largest absolute Gasteiger partial charge is 0.457 e. The van der Waals surface area contributed by atoms with Crippen molar-refractivity contribution < 1.29 is 9.53 Å². The Morgan fingerprint density at radius 3 is 2.24 bits per heavy atom. The number of carbonyl (C=O) groups excluding carboxylic acids is 1. The van der Waals surface area contributed by atoms with Crippen molar-refractivity contribution in [3.63, 3.8) is 0 Å². The highest BCUT2D eigenvalue weighted by atomic mass is 16.5. The third-order valence-electron chi connectivity index (χ3n) is 2.47. The van der Waals surface area contributed by atoms with E-state index in [1.54, 1.807) is 6.07 Å². The first-order valence-electron chi connectivity index (χ1n) is 5.49. The molecular weight excluding hydrogens is 212 g/mol. The molecule has 0 fully saturated rings. The average molecular weight is 226 g/mol. The number of carbonyl (C=O) groups is 1. The first-order valence-corrected chi connectivity index (χ1v) is 5.49. The molecule has 0 amide bonds. The first kappa shape index (κ1) is 11.4. The Hall–Kier alpha value is -2.09. The maximum atomic E-state index is 10.8. The van der Waals surface area contributed by atoms with Gasteiger partial charge in [0.2, 0.25) is 0 Å². The minimum Gasteiger partial charge on any atom is -0.457 e. The molecule has 0 spiro atoms. The third-order valence-corrected chi connectivity index (χ3v) is 2.47. The molecule has 2 aromatic carbocycles. The van der Waals surface area contributed by atoms with E-state index in [2.05, 4.69) is 0 Å². The molecule has 0 unspecified atom stereocenters. The van der Waals surface area contributed by atoms with Crippen LogP contribution in [0.15, 0.2) is 42.5 Å². The minimum absolute atomic E-state index is 0.632. The lowest BCUT2D eigenvalue weighted by molar-refractivity contribution is 0.112. The zero-order chi connectivity index (χ0) is 12.3. The summed E-state index contributed by atoms with van der Waals surface area (Å²) in [5.74, 6) is 1.47. The lowest BCUT2D eigenvalue weighted by Crippen LogP contribution is -1.88. The second kappa shape index (κ2) is 4.83. The SMILES string of the molecule is Cc1ccc(Oc2cc(C)cc(C=O)c2)cc1. The molecule has 0 N–H and O–H groups in total. The van der Waals surface area contributed by atoms with Gasteiger partial charge in [-0.3, -0.25) is 4.79 Å². The van der Waals surface area contributed by atoms with E-state index in [4.69, 9.17) is 4.74 Å². The van der Waals surface area contributed by atoms with Crippen molar-refractivity contribution in [3.8, 4) is 11.5 Å². The van der Waals surface area contributed by atoms with E-state index in [-0.39, 0.29) is 0 Å². The molecule has 0 aliphatic heterocycles. The lowest BCUT2D eigenvalue weighted by Gasteiger charge is -2.07. The predicted molar refractivity (Wildman–Crippen MR) is 67.8 cm³/mol. The molecule has 0 saturated carbocycles. The van der Waals surface area contributed by atoms with Crippen LogP contribution in [0.1, 0.15) is 21.5 Å². The van der Waals surface area contributed by atoms with Gasteiger partial charge in [0.1, 0.15) is 17.8 Å². The third kappa shape index (κ3) is 2.94. The van der Waals surface area contributed by atoms with E-state index in [0.717, 1.165) is 17.6 Å².